The Morgan fingerprint density at radius 1 is 0.957 bits per heavy atom. The molecule has 0 aliphatic rings. The van der Waals surface area contributed by atoms with Crippen molar-refractivity contribution in [2.75, 3.05) is 5.32 Å². The lowest BCUT2D eigenvalue weighted by Gasteiger charge is -2.05. The third-order valence-electron chi connectivity index (χ3n) is 3.57. The standard InChI is InChI=1S/C18H17N3OS/c1-11-4-7-14(8-5-11)17-20-21-18(23-17)19-16(22)15-9-6-12(2)10-13(15)3/h4-10H,1-3H3,(H,19,21,22). The molecule has 0 fully saturated rings. The first-order chi connectivity index (χ1) is 11.0. The molecule has 0 spiro atoms. The predicted molar refractivity (Wildman–Crippen MR) is 94.0 cm³/mol. The van der Waals surface area contributed by atoms with Gasteiger partial charge in [-0.15, -0.1) is 10.2 Å². The molecule has 0 radical (unpaired) electrons. The number of nitrogens with one attached hydrogen (secondary N) is 1. The van der Waals surface area contributed by atoms with Crippen LogP contribution in [0.1, 0.15) is 27.0 Å². The van der Waals surface area contributed by atoms with Gasteiger partial charge in [0.05, 0.1) is 0 Å². The summed E-state index contributed by atoms with van der Waals surface area (Å²) in [5, 5.41) is 12.3. The molecule has 2 aromatic carbocycles. The van der Waals surface area contributed by atoms with E-state index in [-0.39, 0.29) is 5.91 Å². The van der Waals surface area contributed by atoms with E-state index in [1.807, 2.05) is 63.2 Å². The highest BCUT2D eigenvalue weighted by atomic mass is 32.1. The van der Waals surface area contributed by atoms with E-state index >= 15 is 0 Å². The summed E-state index contributed by atoms with van der Waals surface area (Å²) in [5.74, 6) is -0.158. The molecule has 1 aromatic heterocycles. The van der Waals surface area contributed by atoms with Crippen molar-refractivity contribution in [2.24, 2.45) is 0 Å². The van der Waals surface area contributed by atoms with E-state index in [2.05, 4.69) is 15.5 Å². The lowest BCUT2D eigenvalue weighted by atomic mass is 10.1. The van der Waals surface area contributed by atoms with Gasteiger partial charge < -0.3 is 0 Å². The summed E-state index contributed by atoms with van der Waals surface area (Å²) in [7, 11) is 0. The lowest BCUT2D eigenvalue weighted by Crippen LogP contribution is -2.13. The van der Waals surface area contributed by atoms with Crippen molar-refractivity contribution in [3.05, 3.63) is 64.7 Å². The molecular formula is C18H17N3OS. The first kappa shape index (κ1) is 15.4. The molecule has 0 aliphatic carbocycles. The molecule has 4 nitrogen and oxygen atoms in total. The molecule has 116 valence electrons. The molecule has 1 heterocycles. The second kappa shape index (κ2) is 6.30. The van der Waals surface area contributed by atoms with E-state index in [0.717, 1.165) is 21.7 Å². The zero-order valence-corrected chi connectivity index (χ0v) is 14.1. The van der Waals surface area contributed by atoms with Crippen LogP contribution in [-0.4, -0.2) is 16.1 Å². The molecule has 3 rings (SSSR count). The molecule has 0 unspecified atom stereocenters. The summed E-state index contributed by atoms with van der Waals surface area (Å²) < 4.78 is 0. The van der Waals surface area contributed by atoms with E-state index in [1.165, 1.54) is 16.9 Å². The van der Waals surface area contributed by atoms with Crippen molar-refractivity contribution >= 4 is 22.4 Å². The normalized spacial score (nSPS) is 10.6. The maximum atomic E-state index is 12.4. The SMILES string of the molecule is Cc1ccc(-c2nnc(NC(=O)c3ccc(C)cc3C)s2)cc1. The van der Waals surface area contributed by atoms with Crippen LogP contribution >= 0.6 is 11.3 Å². The topological polar surface area (TPSA) is 54.9 Å². The highest BCUT2D eigenvalue weighted by Gasteiger charge is 2.13. The van der Waals surface area contributed by atoms with Gasteiger partial charge in [-0.05, 0) is 32.4 Å². The number of nitrogens with zero attached hydrogens (tertiary/aromatic N) is 2. The first-order valence-corrected chi connectivity index (χ1v) is 8.14. The van der Waals surface area contributed by atoms with E-state index in [4.69, 9.17) is 0 Å². The van der Waals surface area contributed by atoms with Crippen LogP contribution in [0.2, 0.25) is 0 Å². The summed E-state index contributed by atoms with van der Waals surface area (Å²) in [4.78, 5) is 12.4. The van der Waals surface area contributed by atoms with Crippen LogP contribution in [0.5, 0.6) is 0 Å². The average Bonchev–Trinajstić information content (AvgIpc) is 2.96. The Bertz CT molecular complexity index is 853. The maximum Gasteiger partial charge on any atom is 0.257 e. The van der Waals surface area contributed by atoms with Gasteiger partial charge in [-0.25, -0.2) is 0 Å². The molecule has 3 aromatic rings. The first-order valence-electron chi connectivity index (χ1n) is 7.32. The highest BCUT2D eigenvalue weighted by Crippen LogP contribution is 2.27. The zero-order valence-electron chi connectivity index (χ0n) is 13.3. The lowest BCUT2D eigenvalue weighted by molar-refractivity contribution is 0.102. The second-order valence-electron chi connectivity index (χ2n) is 5.55. The molecule has 0 bridgehead atoms. The molecule has 5 heteroatoms. The number of benzene rings is 2. The number of aromatic nitrogens is 2. The minimum atomic E-state index is -0.158. The van der Waals surface area contributed by atoms with Gasteiger partial charge in [-0.2, -0.15) is 0 Å². The van der Waals surface area contributed by atoms with E-state index in [1.54, 1.807) is 0 Å². The third kappa shape index (κ3) is 3.46. The van der Waals surface area contributed by atoms with Gasteiger partial charge in [0.25, 0.3) is 5.91 Å². The molecule has 0 atom stereocenters. The van der Waals surface area contributed by atoms with Crippen LogP contribution in [-0.2, 0) is 0 Å². The predicted octanol–water partition coefficient (Wildman–Crippen LogP) is 4.38. The van der Waals surface area contributed by atoms with E-state index < -0.39 is 0 Å². The quantitative estimate of drug-likeness (QED) is 0.778. The summed E-state index contributed by atoms with van der Waals surface area (Å²) in [6, 6.07) is 13.8. The van der Waals surface area contributed by atoms with Crippen LogP contribution in [0.4, 0.5) is 5.13 Å². The van der Waals surface area contributed by atoms with Gasteiger partial charge in [0.15, 0.2) is 0 Å². The monoisotopic (exact) mass is 323 g/mol. The molecule has 1 N–H and O–H groups in total. The smallest absolute Gasteiger partial charge is 0.257 e. The minimum Gasteiger partial charge on any atom is -0.296 e. The number of aryl methyl sites for hydroxylation is 3. The average molecular weight is 323 g/mol. The van der Waals surface area contributed by atoms with Crippen LogP contribution in [0, 0.1) is 20.8 Å². The summed E-state index contributed by atoms with van der Waals surface area (Å²) >= 11 is 1.37. The highest BCUT2D eigenvalue weighted by molar-refractivity contribution is 7.18. The van der Waals surface area contributed by atoms with Gasteiger partial charge in [0.2, 0.25) is 5.13 Å². The molecule has 0 saturated heterocycles. The number of anilines is 1. The Labute approximate surface area is 139 Å². The number of amides is 1. The number of rotatable bonds is 3. The Kier molecular flexibility index (Phi) is 4.21. The number of hydrogen-bond donors (Lipinski definition) is 1. The second-order valence-corrected chi connectivity index (χ2v) is 6.53. The van der Waals surface area contributed by atoms with Gasteiger partial charge in [0.1, 0.15) is 5.01 Å². The molecular weight excluding hydrogens is 306 g/mol. The number of carbonyl (C=O) groups is 1. The summed E-state index contributed by atoms with van der Waals surface area (Å²) in [6.45, 7) is 5.98. The van der Waals surface area contributed by atoms with Crippen molar-refractivity contribution in [2.45, 2.75) is 20.8 Å². The molecule has 1 amide bonds. The largest absolute Gasteiger partial charge is 0.296 e. The molecule has 0 aliphatic heterocycles. The summed E-state index contributed by atoms with van der Waals surface area (Å²) in [5.41, 5.74) is 4.94. The van der Waals surface area contributed by atoms with Crippen molar-refractivity contribution in [1.82, 2.24) is 10.2 Å². The maximum absolute atomic E-state index is 12.4. The Morgan fingerprint density at radius 3 is 2.35 bits per heavy atom. The van der Waals surface area contributed by atoms with Crippen molar-refractivity contribution < 1.29 is 4.79 Å². The van der Waals surface area contributed by atoms with Crippen LogP contribution in [0.3, 0.4) is 0 Å². The summed E-state index contributed by atoms with van der Waals surface area (Å²) in [6.07, 6.45) is 0. The van der Waals surface area contributed by atoms with Gasteiger partial charge in [-0.3, -0.25) is 10.1 Å². The van der Waals surface area contributed by atoms with Crippen molar-refractivity contribution in [1.29, 1.82) is 0 Å². The third-order valence-corrected chi connectivity index (χ3v) is 4.46. The fourth-order valence-corrected chi connectivity index (χ4v) is 3.06. The fraction of sp³-hybridized carbons (Fsp3) is 0.167. The van der Waals surface area contributed by atoms with Crippen LogP contribution in [0.15, 0.2) is 42.5 Å². The van der Waals surface area contributed by atoms with E-state index in [0.29, 0.717) is 10.7 Å². The van der Waals surface area contributed by atoms with Crippen LogP contribution in [0.25, 0.3) is 10.6 Å². The van der Waals surface area contributed by atoms with Crippen molar-refractivity contribution in [3.8, 4) is 10.6 Å². The van der Waals surface area contributed by atoms with E-state index in [9.17, 15) is 4.79 Å². The Hall–Kier alpha value is -2.53. The van der Waals surface area contributed by atoms with Gasteiger partial charge in [0, 0.05) is 11.1 Å². The van der Waals surface area contributed by atoms with Crippen LogP contribution < -0.4 is 5.32 Å². The molecule has 23 heavy (non-hydrogen) atoms. The number of carbonyl (C=O) groups excluding carboxylic acids is 1. The van der Waals surface area contributed by atoms with Gasteiger partial charge in [-0.1, -0.05) is 58.9 Å². The van der Waals surface area contributed by atoms with Gasteiger partial charge >= 0.3 is 0 Å². The fourth-order valence-electron chi connectivity index (χ4n) is 2.32. The zero-order chi connectivity index (χ0) is 16.4. The minimum absolute atomic E-state index is 0.158. The van der Waals surface area contributed by atoms with Crippen molar-refractivity contribution in [3.63, 3.8) is 0 Å². The Morgan fingerprint density at radius 2 is 1.65 bits per heavy atom. The molecule has 0 saturated carbocycles. The number of hydrogen-bond acceptors (Lipinski definition) is 4. The Balaban J connectivity index is 1.78.